The topological polar surface area (TPSA) is 103 Å². The summed E-state index contributed by atoms with van der Waals surface area (Å²) in [6.45, 7) is 7.09. The van der Waals surface area contributed by atoms with Crippen molar-refractivity contribution >= 4 is 23.1 Å². The van der Waals surface area contributed by atoms with Gasteiger partial charge >= 0.3 is 0 Å². The summed E-state index contributed by atoms with van der Waals surface area (Å²) >= 11 is 0. The third-order valence-corrected chi connectivity index (χ3v) is 6.85. The van der Waals surface area contributed by atoms with Crippen LogP contribution in [0.5, 0.6) is 11.5 Å². The van der Waals surface area contributed by atoms with Crippen molar-refractivity contribution in [1.82, 2.24) is 14.3 Å². The molecule has 1 aromatic carbocycles. The quantitative estimate of drug-likeness (QED) is 0.170. The molecule has 2 aromatic heterocycles. The fourth-order valence-corrected chi connectivity index (χ4v) is 4.81. The van der Waals surface area contributed by atoms with E-state index in [4.69, 9.17) is 14.2 Å². The highest BCUT2D eigenvalue weighted by molar-refractivity contribution is 6.46. The molecule has 0 bridgehead atoms. The molecule has 3 heterocycles. The van der Waals surface area contributed by atoms with Crippen molar-refractivity contribution in [2.75, 3.05) is 34.0 Å². The lowest BCUT2D eigenvalue weighted by molar-refractivity contribution is -0.140. The highest BCUT2D eigenvalue weighted by atomic mass is 16.5. The van der Waals surface area contributed by atoms with Gasteiger partial charge in [0, 0.05) is 26.5 Å². The summed E-state index contributed by atoms with van der Waals surface area (Å²) in [6, 6.07) is 8.34. The smallest absolute Gasteiger partial charge is 0.295 e. The van der Waals surface area contributed by atoms with Crippen LogP contribution in [0.25, 0.3) is 11.4 Å². The number of aryl methyl sites for hydroxylation is 2. The van der Waals surface area contributed by atoms with Crippen LogP contribution in [0.1, 0.15) is 54.7 Å². The lowest BCUT2D eigenvalue weighted by Gasteiger charge is -2.26. The number of carbonyl (C=O) groups is 2. The number of ketones is 1. The summed E-state index contributed by atoms with van der Waals surface area (Å²) in [4.78, 5) is 32.8. The third-order valence-electron chi connectivity index (χ3n) is 6.85. The van der Waals surface area contributed by atoms with Gasteiger partial charge in [0.15, 0.2) is 17.3 Å². The number of hydrogen-bond acceptors (Lipinski definition) is 7. The predicted molar refractivity (Wildman–Crippen MR) is 144 cm³/mol. The van der Waals surface area contributed by atoms with Gasteiger partial charge in [-0.2, -0.15) is 0 Å². The van der Waals surface area contributed by atoms with Crippen molar-refractivity contribution in [3.05, 3.63) is 64.6 Å². The van der Waals surface area contributed by atoms with Crippen LogP contribution in [0.2, 0.25) is 0 Å². The highest BCUT2D eigenvalue weighted by Gasteiger charge is 2.46. The predicted octanol–water partition coefficient (Wildman–Crippen LogP) is 4.60. The Labute approximate surface area is 222 Å². The number of unbranched alkanes of at least 4 members (excludes halogenated alkanes) is 1. The van der Waals surface area contributed by atoms with Gasteiger partial charge in [-0.05, 0) is 56.0 Å². The largest absolute Gasteiger partial charge is 0.505 e. The van der Waals surface area contributed by atoms with Crippen molar-refractivity contribution < 1.29 is 28.9 Å². The minimum atomic E-state index is -0.823. The molecule has 38 heavy (non-hydrogen) atoms. The van der Waals surface area contributed by atoms with E-state index < -0.39 is 17.7 Å². The second-order valence-corrected chi connectivity index (χ2v) is 9.38. The first-order valence-electron chi connectivity index (χ1n) is 12.9. The van der Waals surface area contributed by atoms with Crippen LogP contribution in [0.4, 0.5) is 0 Å². The Balaban J connectivity index is 1.86. The first kappa shape index (κ1) is 27.2. The Kier molecular flexibility index (Phi) is 8.36. The molecular formula is C29H35N3O6. The number of methoxy groups -OCH3 is 2. The summed E-state index contributed by atoms with van der Waals surface area (Å²) in [5, 5.41) is 11.6. The van der Waals surface area contributed by atoms with E-state index in [9.17, 15) is 14.7 Å². The normalized spacial score (nSPS) is 17.0. The fourth-order valence-electron chi connectivity index (χ4n) is 4.81. The Morgan fingerprint density at radius 3 is 2.55 bits per heavy atom. The molecule has 0 radical (unpaired) electrons. The maximum atomic E-state index is 13.4. The summed E-state index contributed by atoms with van der Waals surface area (Å²) < 4.78 is 18.5. The van der Waals surface area contributed by atoms with Gasteiger partial charge in [0.1, 0.15) is 11.3 Å². The van der Waals surface area contributed by atoms with Gasteiger partial charge in [0.2, 0.25) is 0 Å². The number of benzene rings is 1. The molecule has 4 rings (SSSR count). The van der Waals surface area contributed by atoms with E-state index in [0.29, 0.717) is 48.0 Å². The molecule has 9 heteroatoms. The van der Waals surface area contributed by atoms with Crippen LogP contribution in [0.15, 0.2) is 42.1 Å². The molecule has 1 aliphatic heterocycles. The van der Waals surface area contributed by atoms with E-state index in [-0.39, 0.29) is 23.6 Å². The number of Topliss-reactive ketones (excluding diaryl/α,β-unsaturated/α-hetero) is 1. The number of aromatic nitrogens is 2. The standard InChI is InChI=1S/C29H35N3O6/c1-6-7-16-38-21-12-11-20(17-22(21)37-5)25-23(27(34)29(35)32(25)14-9-15-36-4)26(33)24-19(3)31-13-8-10-18(2)28(31)30-24/h8,10-13,17,25,33H,6-7,9,14-16H2,1-5H3. The van der Waals surface area contributed by atoms with Crippen LogP contribution in [0, 0.1) is 13.8 Å². The average molecular weight is 522 g/mol. The highest BCUT2D eigenvalue weighted by Crippen LogP contribution is 2.42. The molecule has 1 aliphatic rings. The monoisotopic (exact) mass is 521 g/mol. The zero-order valence-corrected chi connectivity index (χ0v) is 22.6. The van der Waals surface area contributed by atoms with Crippen LogP contribution < -0.4 is 9.47 Å². The maximum absolute atomic E-state index is 13.4. The van der Waals surface area contributed by atoms with E-state index in [1.54, 1.807) is 32.4 Å². The zero-order chi connectivity index (χ0) is 27.4. The van der Waals surface area contributed by atoms with Gasteiger partial charge < -0.3 is 28.6 Å². The first-order chi connectivity index (χ1) is 18.3. The van der Waals surface area contributed by atoms with Gasteiger partial charge in [0.05, 0.1) is 31.0 Å². The third kappa shape index (κ3) is 4.98. The van der Waals surface area contributed by atoms with Crippen molar-refractivity contribution in [2.24, 2.45) is 0 Å². The number of fused-ring (bicyclic) bond motifs is 1. The molecule has 1 fully saturated rings. The van der Waals surface area contributed by atoms with E-state index >= 15 is 0 Å². The van der Waals surface area contributed by atoms with Gasteiger partial charge in [-0.15, -0.1) is 0 Å². The molecule has 0 aliphatic carbocycles. The van der Waals surface area contributed by atoms with Crippen LogP contribution in [0.3, 0.4) is 0 Å². The van der Waals surface area contributed by atoms with Gasteiger partial charge in [0.25, 0.3) is 11.7 Å². The number of carbonyl (C=O) groups excluding carboxylic acids is 2. The summed E-state index contributed by atoms with van der Waals surface area (Å²) in [7, 11) is 3.13. The van der Waals surface area contributed by atoms with Crippen LogP contribution in [-0.4, -0.2) is 65.1 Å². The van der Waals surface area contributed by atoms with Gasteiger partial charge in [-0.25, -0.2) is 4.98 Å². The Morgan fingerprint density at radius 2 is 1.87 bits per heavy atom. The van der Waals surface area contributed by atoms with Gasteiger partial charge in [-0.1, -0.05) is 25.5 Å². The lowest BCUT2D eigenvalue weighted by Crippen LogP contribution is -2.31. The Bertz CT molecular complexity index is 1380. The lowest BCUT2D eigenvalue weighted by atomic mass is 9.96. The molecule has 1 amide bonds. The molecule has 1 saturated heterocycles. The molecule has 3 aromatic rings. The second kappa shape index (κ2) is 11.7. The number of likely N-dealkylation sites (tertiary alicyclic amines) is 1. The van der Waals surface area contributed by atoms with Crippen molar-refractivity contribution in [2.45, 2.75) is 46.1 Å². The number of hydrogen-bond donors (Lipinski definition) is 1. The number of aliphatic hydroxyl groups is 1. The summed E-state index contributed by atoms with van der Waals surface area (Å²) in [5.74, 6) is -0.661. The molecule has 0 spiro atoms. The molecular weight excluding hydrogens is 486 g/mol. The number of pyridine rings is 1. The minimum Gasteiger partial charge on any atom is -0.505 e. The van der Waals surface area contributed by atoms with Crippen molar-refractivity contribution in [3.63, 3.8) is 0 Å². The number of aliphatic hydroxyl groups excluding tert-OH is 1. The SMILES string of the molecule is CCCCOc1ccc(C2C(=C(O)c3nc4c(C)cccn4c3C)C(=O)C(=O)N2CCCOC)cc1OC. The number of ether oxygens (including phenoxy) is 3. The second-order valence-electron chi connectivity index (χ2n) is 9.38. The maximum Gasteiger partial charge on any atom is 0.295 e. The minimum absolute atomic E-state index is 0.00159. The van der Waals surface area contributed by atoms with E-state index in [1.165, 1.54) is 4.90 Å². The molecule has 202 valence electrons. The number of rotatable bonds is 11. The molecule has 1 atom stereocenters. The van der Waals surface area contributed by atoms with E-state index in [0.717, 1.165) is 18.4 Å². The molecule has 0 saturated carbocycles. The number of nitrogens with zero attached hydrogens (tertiary/aromatic N) is 3. The summed E-state index contributed by atoms with van der Waals surface area (Å²) in [6.07, 6.45) is 4.29. The average Bonchev–Trinajstić information content (AvgIpc) is 3.39. The van der Waals surface area contributed by atoms with Crippen LogP contribution >= 0.6 is 0 Å². The first-order valence-corrected chi connectivity index (χ1v) is 12.9. The Morgan fingerprint density at radius 1 is 1.08 bits per heavy atom. The summed E-state index contributed by atoms with van der Waals surface area (Å²) in [5.41, 5.74) is 3.16. The zero-order valence-electron chi connectivity index (χ0n) is 22.6. The van der Waals surface area contributed by atoms with E-state index in [2.05, 4.69) is 11.9 Å². The molecule has 1 unspecified atom stereocenters. The number of imidazole rings is 1. The van der Waals surface area contributed by atoms with Crippen molar-refractivity contribution in [1.29, 1.82) is 0 Å². The Hall–Kier alpha value is -3.85. The fraction of sp³-hybridized carbons (Fsp3) is 0.414. The number of amides is 1. The van der Waals surface area contributed by atoms with Gasteiger partial charge in [-0.3, -0.25) is 9.59 Å². The van der Waals surface area contributed by atoms with E-state index in [1.807, 2.05) is 36.6 Å². The van der Waals surface area contributed by atoms with Crippen molar-refractivity contribution in [3.8, 4) is 11.5 Å². The van der Waals surface area contributed by atoms with Crippen LogP contribution in [-0.2, 0) is 14.3 Å². The molecule has 9 nitrogen and oxygen atoms in total. The molecule has 1 N–H and O–H groups in total.